The molecule has 0 saturated carbocycles. The van der Waals surface area contributed by atoms with Gasteiger partial charge in [-0.1, -0.05) is 11.9 Å². The molecular weight excluding hydrogens is 354 g/mol. The number of aromatic nitrogens is 4. The molecule has 12 heteroatoms. The van der Waals surface area contributed by atoms with E-state index in [0.717, 1.165) is 0 Å². The van der Waals surface area contributed by atoms with E-state index in [1.165, 1.54) is 11.5 Å². The van der Waals surface area contributed by atoms with Gasteiger partial charge in [-0.3, -0.25) is 13.9 Å². The third kappa shape index (κ3) is 5.77. The van der Waals surface area contributed by atoms with Crippen molar-refractivity contribution in [1.82, 2.24) is 14.1 Å². The van der Waals surface area contributed by atoms with Crippen LogP contribution in [0.5, 0.6) is 0 Å². The van der Waals surface area contributed by atoms with E-state index < -0.39 is 10.1 Å². The Kier molecular flexibility index (Phi) is 7.48. The second-order valence-corrected chi connectivity index (χ2v) is 6.86. The van der Waals surface area contributed by atoms with Crippen LogP contribution in [0.25, 0.3) is 11.2 Å². The lowest BCUT2D eigenvalue weighted by Crippen LogP contribution is -2.36. The molecule has 0 radical (unpaired) electrons. The lowest BCUT2D eigenvalue weighted by molar-refractivity contribution is -0.711. The van der Waals surface area contributed by atoms with Crippen LogP contribution in [0.4, 0.5) is 5.95 Å². The van der Waals surface area contributed by atoms with Crippen molar-refractivity contribution in [2.75, 3.05) is 24.7 Å². The first kappa shape index (κ1) is 21.0. The maximum absolute atomic E-state index is 12.1. The number of anilines is 1. The Bertz CT molecular complexity index is 873. The molecule has 142 valence electrons. The largest absolute Gasteiger partial charge is 0.748 e. The maximum Gasteiger partial charge on any atom is 0.313 e. The summed E-state index contributed by atoms with van der Waals surface area (Å²) in [4.78, 5) is 16.3. The first-order valence-electron chi connectivity index (χ1n) is 7.45. The van der Waals surface area contributed by atoms with E-state index in [4.69, 9.17) is 15.6 Å². The number of nitrogens with zero attached hydrogens (tertiary/aromatic N) is 4. The van der Waals surface area contributed by atoms with Gasteiger partial charge < -0.3 is 20.1 Å². The zero-order chi connectivity index (χ0) is 19.2. The van der Waals surface area contributed by atoms with Gasteiger partial charge in [-0.05, 0) is 6.42 Å². The van der Waals surface area contributed by atoms with Gasteiger partial charge in [-0.25, -0.2) is 13.0 Å². The summed E-state index contributed by atoms with van der Waals surface area (Å²) in [5, 5.41) is 8.68. The summed E-state index contributed by atoms with van der Waals surface area (Å²) in [6.07, 6.45) is 2.31. The minimum Gasteiger partial charge on any atom is -0.748 e. The molecule has 0 aromatic carbocycles. The highest BCUT2D eigenvalue weighted by Gasteiger charge is 2.21. The van der Waals surface area contributed by atoms with E-state index in [1.54, 1.807) is 29.6 Å². The van der Waals surface area contributed by atoms with Gasteiger partial charge in [0, 0.05) is 19.4 Å². The molecule has 0 aliphatic carbocycles. The van der Waals surface area contributed by atoms with Crippen molar-refractivity contribution < 1.29 is 27.4 Å². The van der Waals surface area contributed by atoms with Crippen LogP contribution in [0.15, 0.2) is 11.1 Å². The van der Waals surface area contributed by atoms with E-state index in [-0.39, 0.29) is 30.6 Å². The fraction of sp³-hybridized carbons (Fsp3) is 0.615. The van der Waals surface area contributed by atoms with Crippen LogP contribution in [0, 0.1) is 0 Å². The first-order valence-corrected chi connectivity index (χ1v) is 9.03. The van der Waals surface area contributed by atoms with Crippen molar-refractivity contribution in [2.24, 2.45) is 14.1 Å². The molecule has 11 nitrogen and oxygen atoms in total. The number of nitrogens with two attached hydrogens (primary N) is 1. The van der Waals surface area contributed by atoms with Crippen molar-refractivity contribution >= 4 is 27.2 Å². The summed E-state index contributed by atoms with van der Waals surface area (Å²) >= 11 is 0. The summed E-state index contributed by atoms with van der Waals surface area (Å²) in [6, 6.07) is 0. The van der Waals surface area contributed by atoms with Gasteiger partial charge in [0.05, 0.1) is 23.8 Å². The van der Waals surface area contributed by atoms with E-state index in [9.17, 15) is 17.8 Å². The number of imidazole rings is 1. The Labute approximate surface area is 145 Å². The summed E-state index contributed by atoms with van der Waals surface area (Å²) in [5.74, 6) is -0.152. The third-order valence-corrected chi connectivity index (χ3v) is 3.96. The van der Waals surface area contributed by atoms with Crippen LogP contribution in [-0.2, 0) is 35.7 Å². The van der Waals surface area contributed by atoms with Crippen molar-refractivity contribution in [1.29, 1.82) is 0 Å². The van der Waals surface area contributed by atoms with Crippen LogP contribution in [0.2, 0.25) is 0 Å². The zero-order valence-electron chi connectivity index (χ0n) is 14.4. The van der Waals surface area contributed by atoms with Gasteiger partial charge in [0.1, 0.15) is 0 Å². The summed E-state index contributed by atoms with van der Waals surface area (Å²) in [5.41, 5.74) is 6.47. The highest BCUT2D eigenvalue weighted by atomic mass is 32.2. The van der Waals surface area contributed by atoms with Crippen molar-refractivity contribution in [3.05, 3.63) is 16.7 Å². The molecule has 25 heavy (non-hydrogen) atoms. The Morgan fingerprint density at radius 3 is 2.56 bits per heavy atom. The van der Waals surface area contributed by atoms with E-state index in [1.807, 2.05) is 0 Å². The van der Waals surface area contributed by atoms with Crippen LogP contribution in [0.1, 0.15) is 13.3 Å². The molecule has 0 atom stereocenters. The van der Waals surface area contributed by atoms with Gasteiger partial charge in [-0.2, -0.15) is 0 Å². The quantitative estimate of drug-likeness (QED) is 0.334. The number of hydrogen-bond acceptors (Lipinski definition) is 8. The average Bonchev–Trinajstić information content (AvgIpc) is 2.85. The first-order chi connectivity index (χ1) is 11.6. The topological polar surface area (TPSA) is 156 Å². The number of rotatable bonds is 6. The van der Waals surface area contributed by atoms with Gasteiger partial charge in [-0.15, -0.1) is 0 Å². The number of ether oxygens (including phenoxy) is 1. The Balaban J connectivity index is 0.000000450. The second kappa shape index (κ2) is 8.89. The van der Waals surface area contributed by atoms with Gasteiger partial charge >= 0.3 is 11.2 Å². The van der Waals surface area contributed by atoms with Crippen molar-refractivity contribution in [3.8, 4) is 0 Å². The highest BCUT2D eigenvalue weighted by Crippen LogP contribution is 2.04. The molecule has 2 heterocycles. The molecule has 0 spiro atoms. The lowest BCUT2D eigenvalue weighted by Gasteiger charge is -2.01. The highest BCUT2D eigenvalue weighted by molar-refractivity contribution is 7.85. The van der Waals surface area contributed by atoms with Gasteiger partial charge in [0.2, 0.25) is 5.52 Å². The summed E-state index contributed by atoms with van der Waals surface area (Å²) in [6.45, 7) is 2.10. The molecule has 0 aliphatic heterocycles. The minimum absolute atomic E-state index is 0.0892. The van der Waals surface area contributed by atoms with E-state index >= 15 is 0 Å². The predicted molar refractivity (Wildman–Crippen MR) is 88.5 cm³/mol. The SMILES string of the molecule is CCS(=O)(=O)[O-].Cn1c(N)nc2c(c1=O)n(C)c[n+]2COCCCO. The van der Waals surface area contributed by atoms with E-state index in [0.29, 0.717) is 24.2 Å². The predicted octanol–water partition coefficient (Wildman–Crippen LogP) is -1.95. The maximum atomic E-state index is 12.1. The number of fused-ring (bicyclic) bond motifs is 1. The number of aliphatic hydroxyl groups excluding tert-OH is 1. The van der Waals surface area contributed by atoms with Crippen molar-refractivity contribution in [3.63, 3.8) is 0 Å². The smallest absolute Gasteiger partial charge is 0.313 e. The molecule has 2 rings (SSSR count). The molecule has 0 aliphatic rings. The Morgan fingerprint density at radius 1 is 1.44 bits per heavy atom. The fourth-order valence-electron chi connectivity index (χ4n) is 1.85. The monoisotopic (exact) mass is 377 g/mol. The molecule has 0 saturated heterocycles. The lowest BCUT2D eigenvalue weighted by atomic mass is 10.5. The minimum atomic E-state index is -3.91. The van der Waals surface area contributed by atoms with Gasteiger partial charge in [0.25, 0.3) is 5.95 Å². The second-order valence-electron chi connectivity index (χ2n) is 5.16. The third-order valence-electron chi connectivity index (χ3n) is 3.25. The van der Waals surface area contributed by atoms with Crippen LogP contribution in [0.3, 0.4) is 0 Å². The van der Waals surface area contributed by atoms with E-state index in [2.05, 4.69) is 4.98 Å². The normalized spacial score (nSPS) is 11.4. The fourth-order valence-corrected chi connectivity index (χ4v) is 1.85. The molecule has 0 unspecified atom stereocenters. The van der Waals surface area contributed by atoms with Gasteiger partial charge in [0.15, 0.2) is 13.1 Å². The average molecular weight is 377 g/mol. The Hall–Kier alpha value is -2.02. The number of hydrogen-bond donors (Lipinski definition) is 2. The molecular formula is C13H23N5O6S. The molecule has 2 aromatic heterocycles. The van der Waals surface area contributed by atoms with Crippen LogP contribution >= 0.6 is 0 Å². The number of nitrogen functional groups attached to an aromatic ring is 1. The van der Waals surface area contributed by atoms with Crippen LogP contribution < -0.4 is 15.9 Å². The van der Waals surface area contributed by atoms with Crippen LogP contribution in [-0.4, -0.2) is 51.2 Å². The summed E-state index contributed by atoms with van der Waals surface area (Å²) in [7, 11) is -0.560. The standard InChI is InChI=1S/C11H17N5O3.C2H6O3S/c1-14-6-16(7-19-5-3-4-17)9-8(14)10(18)15(2)11(12)13-9;1-2-6(3,4)5/h6,17H,3-5,7H2,1-2H3,(H-,12,13,18);2H2,1H3,(H,3,4,5). The summed E-state index contributed by atoms with van der Waals surface area (Å²) < 4.78 is 38.4. The molecule has 3 N–H and O–H groups in total. The molecule has 2 aromatic rings. The molecule has 0 amide bonds. The number of aryl methyl sites for hydroxylation is 1. The molecule has 0 bridgehead atoms. The molecule has 0 fully saturated rings. The van der Waals surface area contributed by atoms with Crippen molar-refractivity contribution in [2.45, 2.75) is 20.1 Å². The Morgan fingerprint density at radius 2 is 2.04 bits per heavy atom. The zero-order valence-corrected chi connectivity index (χ0v) is 15.2. The number of aliphatic hydroxyl groups is 1.